The van der Waals surface area contributed by atoms with Crippen LogP contribution in [-0.4, -0.2) is 50.8 Å². The van der Waals surface area contributed by atoms with Gasteiger partial charge in [0.15, 0.2) is 0 Å². The van der Waals surface area contributed by atoms with Gasteiger partial charge in [0.1, 0.15) is 5.75 Å². The van der Waals surface area contributed by atoms with Gasteiger partial charge >= 0.3 is 0 Å². The van der Waals surface area contributed by atoms with Gasteiger partial charge in [0.05, 0.1) is 26.4 Å². The highest BCUT2D eigenvalue weighted by atomic mass is 35.5. The van der Waals surface area contributed by atoms with Crippen molar-refractivity contribution in [2.75, 3.05) is 40.0 Å². The van der Waals surface area contributed by atoms with Crippen molar-refractivity contribution in [1.82, 2.24) is 10.2 Å². The van der Waals surface area contributed by atoms with E-state index in [0.717, 1.165) is 30.0 Å². The molecule has 3 rings (SSSR count). The highest BCUT2D eigenvalue weighted by Gasteiger charge is 2.23. The summed E-state index contributed by atoms with van der Waals surface area (Å²) in [7, 11) is 1.65. The Morgan fingerprint density at radius 3 is 2.68 bits per heavy atom. The van der Waals surface area contributed by atoms with Crippen LogP contribution >= 0.6 is 11.6 Å². The Morgan fingerprint density at radius 1 is 1.25 bits per heavy atom. The van der Waals surface area contributed by atoms with Crippen LogP contribution in [0.5, 0.6) is 5.75 Å². The summed E-state index contributed by atoms with van der Waals surface area (Å²) in [6, 6.07) is 15.5. The summed E-state index contributed by atoms with van der Waals surface area (Å²) in [4.78, 5) is 14.7. The highest BCUT2D eigenvalue weighted by Crippen LogP contribution is 2.23. The number of benzene rings is 2. The highest BCUT2D eigenvalue weighted by molar-refractivity contribution is 6.30. The lowest BCUT2D eigenvalue weighted by Crippen LogP contribution is -2.43. The summed E-state index contributed by atoms with van der Waals surface area (Å²) in [5.74, 6) is 0.685. The number of carbonyl (C=O) groups excluding carboxylic acids is 1. The molecule has 28 heavy (non-hydrogen) atoms. The van der Waals surface area contributed by atoms with Crippen LogP contribution in [-0.2, 0) is 9.53 Å². The first-order valence-electron chi connectivity index (χ1n) is 9.33. The monoisotopic (exact) mass is 400 g/mol. The molecular weight excluding hydrogens is 376 g/mol. The van der Waals surface area contributed by atoms with Gasteiger partial charge in [-0.1, -0.05) is 35.9 Å². The number of carbonyl (C=O) groups is 1. The van der Waals surface area contributed by atoms with Crippen molar-refractivity contribution < 1.29 is 14.3 Å². The Morgan fingerprint density at radius 2 is 2.00 bits per heavy atom. The zero-order valence-electron chi connectivity index (χ0n) is 15.9. The summed E-state index contributed by atoms with van der Waals surface area (Å²) in [6.07, 6.45) is 3.30. The fourth-order valence-electron chi connectivity index (χ4n) is 3.21. The third-order valence-electron chi connectivity index (χ3n) is 4.73. The molecule has 2 aromatic carbocycles. The van der Waals surface area contributed by atoms with Crippen molar-refractivity contribution in [3.8, 4) is 5.75 Å². The minimum atomic E-state index is -0.133. The fraction of sp³-hybridized carbons (Fsp3) is 0.318. The van der Waals surface area contributed by atoms with Crippen molar-refractivity contribution in [3.63, 3.8) is 0 Å². The predicted octanol–water partition coefficient (Wildman–Crippen LogP) is 3.55. The molecule has 6 heteroatoms. The molecule has 0 radical (unpaired) electrons. The van der Waals surface area contributed by atoms with E-state index < -0.39 is 0 Å². The number of ether oxygens (including phenoxy) is 2. The Hall–Kier alpha value is -2.34. The zero-order valence-corrected chi connectivity index (χ0v) is 16.7. The second-order valence-electron chi connectivity index (χ2n) is 6.57. The van der Waals surface area contributed by atoms with Gasteiger partial charge in [-0.25, -0.2) is 0 Å². The van der Waals surface area contributed by atoms with E-state index in [1.54, 1.807) is 19.3 Å². The summed E-state index contributed by atoms with van der Waals surface area (Å²) >= 11 is 5.98. The molecular formula is C22H25ClN2O3. The van der Waals surface area contributed by atoms with Crippen LogP contribution in [0.4, 0.5) is 0 Å². The number of methoxy groups -OCH3 is 1. The van der Waals surface area contributed by atoms with Gasteiger partial charge in [0.2, 0.25) is 5.91 Å². The summed E-state index contributed by atoms with van der Waals surface area (Å²) in [6.45, 7) is 3.60. The quantitative estimate of drug-likeness (QED) is 0.722. The first-order valence-corrected chi connectivity index (χ1v) is 9.71. The Balaban J connectivity index is 1.65. The molecule has 0 unspecified atom stereocenters. The van der Waals surface area contributed by atoms with Crippen LogP contribution in [0.1, 0.15) is 17.2 Å². The number of halogens is 1. The summed E-state index contributed by atoms with van der Waals surface area (Å²) in [5, 5.41) is 3.67. The van der Waals surface area contributed by atoms with E-state index in [2.05, 4.69) is 10.2 Å². The molecule has 1 saturated heterocycles. The number of rotatable bonds is 7. The Bertz CT molecular complexity index is 802. The average Bonchev–Trinajstić information content (AvgIpc) is 2.74. The number of hydrogen-bond donors (Lipinski definition) is 1. The largest absolute Gasteiger partial charge is 0.497 e. The van der Waals surface area contributed by atoms with E-state index in [1.165, 1.54) is 6.08 Å². The number of hydrogen-bond acceptors (Lipinski definition) is 4. The molecule has 0 bridgehead atoms. The topological polar surface area (TPSA) is 50.8 Å². The lowest BCUT2D eigenvalue weighted by Gasteiger charge is -2.34. The molecule has 0 aliphatic carbocycles. The average molecular weight is 401 g/mol. The molecule has 0 aromatic heterocycles. The standard InChI is InChI=1S/C22H25ClN2O3/c1-27-20-8-6-18(7-9-20)21(25-11-13-28-14-12-25)16-24-22(26)10-5-17-3-2-4-19(23)15-17/h2-10,15,21H,11-14,16H2,1H3,(H,24,26)/b10-5+/t21-/m0/s1. The number of amides is 1. The molecule has 1 atom stereocenters. The van der Waals surface area contributed by atoms with Gasteiger partial charge < -0.3 is 14.8 Å². The van der Waals surface area contributed by atoms with E-state index in [9.17, 15) is 4.79 Å². The normalized spacial score (nSPS) is 16.1. The van der Waals surface area contributed by atoms with Crippen molar-refractivity contribution in [2.45, 2.75) is 6.04 Å². The van der Waals surface area contributed by atoms with Gasteiger partial charge in [-0.05, 0) is 41.5 Å². The van der Waals surface area contributed by atoms with Crippen molar-refractivity contribution >= 4 is 23.6 Å². The van der Waals surface area contributed by atoms with Crippen LogP contribution in [0.25, 0.3) is 6.08 Å². The minimum Gasteiger partial charge on any atom is -0.497 e. The molecule has 148 valence electrons. The molecule has 1 aliphatic rings. The van der Waals surface area contributed by atoms with Crippen LogP contribution in [0.3, 0.4) is 0 Å². The van der Waals surface area contributed by atoms with Gasteiger partial charge in [0, 0.05) is 30.7 Å². The molecule has 1 fully saturated rings. The SMILES string of the molecule is COc1ccc([C@H](CNC(=O)/C=C/c2cccc(Cl)c2)N2CCOCC2)cc1. The maximum absolute atomic E-state index is 12.3. The number of nitrogens with one attached hydrogen (secondary N) is 1. The van der Waals surface area contributed by atoms with Crippen LogP contribution in [0.15, 0.2) is 54.6 Å². The van der Waals surface area contributed by atoms with Crippen molar-refractivity contribution in [1.29, 1.82) is 0 Å². The third kappa shape index (κ3) is 5.83. The fourth-order valence-corrected chi connectivity index (χ4v) is 3.41. The summed E-state index contributed by atoms with van der Waals surface area (Å²) < 4.78 is 10.7. The molecule has 1 N–H and O–H groups in total. The van der Waals surface area contributed by atoms with Crippen molar-refractivity contribution in [3.05, 3.63) is 70.8 Å². The van der Waals surface area contributed by atoms with E-state index in [1.807, 2.05) is 42.5 Å². The molecule has 1 amide bonds. The molecule has 2 aromatic rings. The molecule has 5 nitrogen and oxygen atoms in total. The Labute approximate surface area is 170 Å². The van der Waals surface area contributed by atoms with Gasteiger partial charge in [-0.2, -0.15) is 0 Å². The van der Waals surface area contributed by atoms with Crippen LogP contribution < -0.4 is 10.1 Å². The Kier molecular flexibility index (Phi) is 7.48. The molecule has 0 saturated carbocycles. The first-order chi connectivity index (χ1) is 13.7. The molecule has 1 aliphatic heterocycles. The first kappa shape index (κ1) is 20.4. The van der Waals surface area contributed by atoms with Gasteiger partial charge in [0.25, 0.3) is 0 Å². The van der Waals surface area contributed by atoms with Gasteiger partial charge in [-0.15, -0.1) is 0 Å². The smallest absolute Gasteiger partial charge is 0.244 e. The second kappa shape index (κ2) is 10.3. The van der Waals surface area contributed by atoms with Crippen molar-refractivity contribution in [2.24, 2.45) is 0 Å². The van der Waals surface area contributed by atoms with Crippen LogP contribution in [0.2, 0.25) is 5.02 Å². The molecule has 1 heterocycles. The molecule has 0 spiro atoms. The zero-order chi connectivity index (χ0) is 19.8. The lowest BCUT2D eigenvalue weighted by molar-refractivity contribution is -0.116. The van der Waals surface area contributed by atoms with E-state index >= 15 is 0 Å². The second-order valence-corrected chi connectivity index (χ2v) is 7.01. The van der Waals surface area contributed by atoms with E-state index in [-0.39, 0.29) is 11.9 Å². The number of nitrogens with zero attached hydrogens (tertiary/aromatic N) is 1. The van der Waals surface area contributed by atoms with Crippen LogP contribution in [0, 0.1) is 0 Å². The summed E-state index contributed by atoms with van der Waals surface area (Å²) in [5.41, 5.74) is 2.03. The third-order valence-corrected chi connectivity index (χ3v) is 4.97. The number of morpholine rings is 1. The van der Waals surface area contributed by atoms with E-state index in [4.69, 9.17) is 21.1 Å². The maximum atomic E-state index is 12.3. The lowest BCUT2D eigenvalue weighted by atomic mass is 10.0. The predicted molar refractivity (Wildman–Crippen MR) is 112 cm³/mol. The van der Waals surface area contributed by atoms with Gasteiger partial charge in [-0.3, -0.25) is 9.69 Å². The maximum Gasteiger partial charge on any atom is 0.244 e. The van der Waals surface area contributed by atoms with E-state index in [0.29, 0.717) is 24.8 Å². The minimum absolute atomic E-state index is 0.0818.